The number of fused-ring (bicyclic) bond motifs is 1. The zero-order valence-electron chi connectivity index (χ0n) is 11.7. The predicted octanol–water partition coefficient (Wildman–Crippen LogP) is 0.0620. The summed E-state index contributed by atoms with van der Waals surface area (Å²) in [7, 11) is 1.73. The van der Waals surface area contributed by atoms with Crippen molar-refractivity contribution in [2.24, 2.45) is 7.05 Å². The fourth-order valence-electron chi connectivity index (χ4n) is 2.21. The van der Waals surface area contributed by atoms with Crippen LogP contribution in [0.4, 0.5) is 5.82 Å². The third-order valence-corrected chi connectivity index (χ3v) is 3.19. The molecule has 3 aromatic rings. The molecule has 0 unspecified atom stereocenters. The maximum absolute atomic E-state index is 12.1. The molecule has 0 aliphatic carbocycles. The lowest BCUT2D eigenvalue weighted by Crippen LogP contribution is -2.34. The fraction of sp³-hybridized carbons (Fsp3) is 0.143. The van der Waals surface area contributed by atoms with Crippen LogP contribution in [0.2, 0.25) is 0 Å². The molecule has 2 heterocycles. The van der Waals surface area contributed by atoms with Crippen molar-refractivity contribution in [1.82, 2.24) is 19.3 Å². The standard InChI is InChI=1S/C14H13N5O3/c1-18-7-6-11(17-18)15-12(20)8-19-10-5-3-2-4-9(10)13(21)16-14(19)22/h2-7H,8H2,1H3,(H,15,17,20)(H,16,21,22). The molecule has 8 nitrogen and oxygen atoms in total. The summed E-state index contributed by atoms with van der Waals surface area (Å²) in [6.45, 7) is -0.216. The summed E-state index contributed by atoms with van der Waals surface area (Å²) in [4.78, 5) is 38.0. The summed E-state index contributed by atoms with van der Waals surface area (Å²) in [5.74, 6) is -0.00715. The smallest absolute Gasteiger partial charge is 0.308 e. The topological polar surface area (TPSA) is 102 Å². The van der Waals surface area contributed by atoms with Crippen molar-refractivity contribution in [2.45, 2.75) is 6.54 Å². The number of benzene rings is 1. The van der Waals surface area contributed by atoms with Gasteiger partial charge in [-0.2, -0.15) is 5.10 Å². The van der Waals surface area contributed by atoms with E-state index in [9.17, 15) is 14.4 Å². The van der Waals surface area contributed by atoms with E-state index in [-0.39, 0.29) is 6.54 Å². The lowest BCUT2D eigenvalue weighted by atomic mass is 10.2. The number of anilines is 1. The molecule has 0 atom stereocenters. The van der Waals surface area contributed by atoms with E-state index in [1.807, 2.05) is 0 Å². The molecule has 0 aliphatic rings. The van der Waals surface area contributed by atoms with Gasteiger partial charge in [0.2, 0.25) is 5.91 Å². The first-order chi connectivity index (χ1) is 10.5. The van der Waals surface area contributed by atoms with Gasteiger partial charge in [-0.25, -0.2) is 4.79 Å². The van der Waals surface area contributed by atoms with Crippen molar-refractivity contribution in [1.29, 1.82) is 0 Å². The minimum absolute atomic E-state index is 0.216. The molecule has 8 heteroatoms. The third-order valence-electron chi connectivity index (χ3n) is 3.19. The lowest BCUT2D eigenvalue weighted by molar-refractivity contribution is -0.116. The van der Waals surface area contributed by atoms with Crippen LogP contribution in [0.15, 0.2) is 46.1 Å². The maximum atomic E-state index is 12.1. The first-order valence-electron chi connectivity index (χ1n) is 6.56. The summed E-state index contributed by atoms with van der Waals surface area (Å²) >= 11 is 0. The first kappa shape index (κ1) is 13.8. The summed E-state index contributed by atoms with van der Waals surface area (Å²) < 4.78 is 2.77. The Balaban J connectivity index is 1.95. The molecule has 0 saturated heterocycles. The number of aryl methyl sites for hydroxylation is 1. The summed E-state index contributed by atoms with van der Waals surface area (Å²) in [5, 5.41) is 6.98. The highest BCUT2D eigenvalue weighted by Gasteiger charge is 2.11. The number of H-pyrrole nitrogens is 1. The average molecular weight is 299 g/mol. The number of nitrogens with zero attached hydrogens (tertiary/aromatic N) is 3. The maximum Gasteiger partial charge on any atom is 0.329 e. The van der Waals surface area contributed by atoms with Gasteiger partial charge in [0.05, 0.1) is 10.9 Å². The lowest BCUT2D eigenvalue weighted by Gasteiger charge is -2.08. The fourth-order valence-corrected chi connectivity index (χ4v) is 2.21. The number of nitrogens with one attached hydrogen (secondary N) is 2. The van der Waals surface area contributed by atoms with Crippen molar-refractivity contribution in [3.63, 3.8) is 0 Å². The van der Waals surface area contributed by atoms with Crippen molar-refractivity contribution in [3.05, 3.63) is 57.4 Å². The molecule has 0 spiro atoms. The van der Waals surface area contributed by atoms with Gasteiger partial charge in [0.1, 0.15) is 6.54 Å². The van der Waals surface area contributed by atoms with Gasteiger partial charge in [-0.15, -0.1) is 0 Å². The molecular formula is C14H13N5O3. The average Bonchev–Trinajstić information content (AvgIpc) is 2.88. The molecule has 0 fully saturated rings. The number of amides is 1. The first-order valence-corrected chi connectivity index (χ1v) is 6.56. The van der Waals surface area contributed by atoms with Crippen LogP contribution in [0.3, 0.4) is 0 Å². The Morgan fingerprint density at radius 1 is 1.27 bits per heavy atom. The van der Waals surface area contributed by atoms with Gasteiger partial charge in [0.25, 0.3) is 5.56 Å². The van der Waals surface area contributed by atoms with E-state index >= 15 is 0 Å². The van der Waals surface area contributed by atoms with Gasteiger partial charge >= 0.3 is 5.69 Å². The number of carbonyl (C=O) groups excluding carboxylic acids is 1. The molecular weight excluding hydrogens is 286 g/mol. The molecule has 0 aliphatic heterocycles. The van der Waals surface area contributed by atoms with Crippen molar-refractivity contribution >= 4 is 22.6 Å². The van der Waals surface area contributed by atoms with Crippen LogP contribution in [-0.2, 0) is 18.4 Å². The quantitative estimate of drug-likeness (QED) is 0.714. The van der Waals surface area contributed by atoms with E-state index in [1.54, 1.807) is 48.3 Å². The van der Waals surface area contributed by atoms with Crippen LogP contribution in [-0.4, -0.2) is 25.2 Å². The molecule has 0 saturated carbocycles. The molecule has 0 radical (unpaired) electrons. The Hall–Kier alpha value is -3.16. The zero-order valence-corrected chi connectivity index (χ0v) is 11.7. The summed E-state index contributed by atoms with van der Waals surface area (Å²) in [6.07, 6.45) is 1.69. The van der Waals surface area contributed by atoms with Gasteiger partial charge in [0.15, 0.2) is 5.82 Å². The van der Waals surface area contributed by atoms with Gasteiger partial charge in [0, 0.05) is 19.3 Å². The Labute approximate surface area is 124 Å². The highest BCUT2D eigenvalue weighted by atomic mass is 16.2. The van der Waals surface area contributed by atoms with Crippen molar-refractivity contribution in [3.8, 4) is 0 Å². The van der Waals surface area contributed by atoms with Gasteiger partial charge < -0.3 is 5.32 Å². The van der Waals surface area contributed by atoms with E-state index < -0.39 is 17.2 Å². The van der Waals surface area contributed by atoms with Gasteiger partial charge in [-0.05, 0) is 12.1 Å². The van der Waals surface area contributed by atoms with Gasteiger partial charge in [-0.1, -0.05) is 12.1 Å². The second kappa shape index (κ2) is 5.32. The second-order valence-electron chi connectivity index (χ2n) is 4.79. The number of aromatic amines is 1. The second-order valence-corrected chi connectivity index (χ2v) is 4.79. The molecule has 2 N–H and O–H groups in total. The van der Waals surface area contributed by atoms with Crippen molar-refractivity contribution < 1.29 is 4.79 Å². The van der Waals surface area contributed by atoms with E-state index in [4.69, 9.17) is 0 Å². The number of aromatic nitrogens is 4. The van der Waals surface area contributed by atoms with E-state index in [0.29, 0.717) is 16.7 Å². The van der Waals surface area contributed by atoms with Crippen LogP contribution < -0.4 is 16.6 Å². The number of hydrogen-bond acceptors (Lipinski definition) is 4. The zero-order chi connectivity index (χ0) is 15.7. The number of para-hydroxylation sites is 1. The molecule has 112 valence electrons. The molecule has 2 aromatic heterocycles. The Bertz CT molecular complexity index is 966. The largest absolute Gasteiger partial charge is 0.329 e. The Morgan fingerprint density at radius 3 is 2.77 bits per heavy atom. The number of rotatable bonds is 3. The SMILES string of the molecule is Cn1ccc(NC(=O)Cn2c(=O)[nH]c(=O)c3ccccc32)n1. The molecule has 3 rings (SSSR count). The van der Waals surface area contributed by atoms with Crippen LogP contribution >= 0.6 is 0 Å². The summed E-state index contributed by atoms with van der Waals surface area (Å²) in [5.41, 5.74) is -0.686. The Kier molecular flexibility index (Phi) is 3.34. The summed E-state index contributed by atoms with van der Waals surface area (Å²) in [6, 6.07) is 8.27. The van der Waals surface area contributed by atoms with Gasteiger partial charge in [-0.3, -0.25) is 23.8 Å². The molecule has 1 amide bonds. The molecule has 1 aromatic carbocycles. The van der Waals surface area contributed by atoms with E-state index in [2.05, 4.69) is 15.4 Å². The molecule has 0 bridgehead atoms. The third kappa shape index (κ3) is 2.53. The van der Waals surface area contributed by atoms with Crippen LogP contribution in [0.25, 0.3) is 10.9 Å². The molecule has 22 heavy (non-hydrogen) atoms. The van der Waals surface area contributed by atoms with Crippen LogP contribution in [0.5, 0.6) is 0 Å². The number of hydrogen-bond donors (Lipinski definition) is 2. The minimum atomic E-state index is -0.625. The van der Waals surface area contributed by atoms with Crippen molar-refractivity contribution in [2.75, 3.05) is 5.32 Å². The van der Waals surface area contributed by atoms with Crippen LogP contribution in [0.1, 0.15) is 0 Å². The Morgan fingerprint density at radius 2 is 2.05 bits per heavy atom. The normalized spacial score (nSPS) is 10.8. The number of carbonyl (C=O) groups is 1. The highest BCUT2D eigenvalue weighted by molar-refractivity contribution is 5.90. The van der Waals surface area contributed by atoms with E-state index in [1.165, 1.54) is 4.57 Å². The van der Waals surface area contributed by atoms with E-state index in [0.717, 1.165) is 0 Å². The predicted molar refractivity (Wildman–Crippen MR) is 80.7 cm³/mol. The monoisotopic (exact) mass is 299 g/mol. The minimum Gasteiger partial charge on any atom is -0.308 e. The van der Waals surface area contributed by atoms with Crippen LogP contribution in [0, 0.1) is 0 Å². The highest BCUT2D eigenvalue weighted by Crippen LogP contribution is 2.07.